The first-order valence-corrected chi connectivity index (χ1v) is 15.0. The zero-order valence-corrected chi connectivity index (χ0v) is 24.3. The molecule has 0 aliphatic heterocycles. The van der Waals surface area contributed by atoms with Gasteiger partial charge in [-0.25, -0.2) is 4.39 Å². The summed E-state index contributed by atoms with van der Waals surface area (Å²) in [6.45, 7) is 2.98. The maximum absolute atomic E-state index is 14.7. The Labute approximate surface area is 243 Å². The lowest BCUT2D eigenvalue weighted by Crippen LogP contribution is -2.30. The van der Waals surface area contributed by atoms with Crippen molar-refractivity contribution < 1.29 is 23.7 Å². The van der Waals surface area contributed by atoms with Gasteiger partial charge in [0.2, 0.25) is 0 Å². The van der Waals surface area contributed by atoms with Crippen molar-refractivity contribution in [3.05, 3.63) is 76.6 Å². The van der Waals surface area contributed by atoms with Gasteiger partial charge in [-0.3, -0.25) is 0 Å². The molecule has 1 fully saturated rings. The van der Waals surface area contributed by atoms with E-state index in [1.807, 2.05) is 24.3 Å². The second kappa shape index (κ2) is 13.9. The zero-order chi connectivity index (χ0) is 28.6. The minimum absolute atomic E-state index is 0.303. The molecule has 220 valence electrons. The average Bonchev–Trinajstić information content (AvgIpc) is 2.96. The molecule has 2 aliphatic carbocycles. The van der Waals surface area contributed by atoms with E-state index in [2.05, 4.69) is 16.7 Å². The van der Waals surface area contributed by atoms with Gasteiger partial charge in [0.25, 0.3) is 0 Å². The molecule has 1 saturated carbocycles. The molecule has 0 bridgehead atoms. The largest absolute Gasteiger partial charge is 0.508 e. The molecule has 6 nitrogen and oxygen atoms in total. The van der Waals surface area contributed by atoms with Gasteiger partial charge in [-0.2, -0.15) is 0 Å². The van der Waals surface area contributed by atoms with Crippen LogP contribution in [0.3, 0.4) is 0 Å². The number of fused-ring (bicyclic) bond motifs is 1. The van der Waals surface area contributed by atoms with Gasteiger partial charge in [-0.05, 0) is 116 Å². The summed E-state index contributed by atoms with van der Waals surface area (Å²) in [7, 11) is 3.31. The number of hydrogen-bond donors (Lipinski definition) is 3. The molecule has 0 radical (unpaired) electrons. The van der Waals surface area contributed by atoms with Crippen molar-refractivity contribution in [2.45, 2.75) is 57.3 Å². The van der Waals surface area contributed by atoms with Crippen LogP contribution in [0.1, 0.15) is 60.3 Å². The van der Waals surface area contributed by atoms with Crippen molar-refractivity contribution >= 4 is 5.69 Å². The number of anilines is 1. The highest BCUT2D eigenvalue weighted by Gasteiger charge is 2.24. The molecule has 7 heteroatoms. The number of phenols is 1. The number of aromatic hydroxyl groups is 1. The molecule has 3 N–H and O–H groups in total. The van der Waals surface area contributed by atoms with Crippen LogP contribution < -0.4 is 24.8 Å². The summed E-state index contributed by atoms with van der Waals surface area (Å²) in [4.78, 5) is 0. The number of hydrogen-bond acceptors (Lipinski definition) is 6. The standard InChI is InChI=1S/C34H43FN2O4/c1-39-33-20-29(27-10-9-26-19-28(38)12-11-25(26)18-27)31(21-34(33)40-2)37-14-4-7-23-8-13-32(30(35)17-23)41-16-15-36-22-24-5-3-6-24/h8,11-13,17,19-21,24,27,36-38H,3-7,9-10,14-16,18,22H2,1-2H3. The highest BCUT2D eigenvalue weighted by atomic mass is 19.1. The normalized spacial score (nSPS) is 16.5. The van der Waals surface area contributed by atoms with E-state index < -0.39 is 0 Å². The Hall–Kier alpha value is -3.45. The summed E-state index contributed by atoms with van der Waals surface area (Å²) in [5, 5.41) is 16.9. The number of aryl methyl sites for hydroxylation is 2. The Morgan fingerprint density at radius 2 is 1.73 bits per heavy atom. The minimum Gasteiger partial charge on any atom is -0.508 e. The van der Waals surface area contributed by atoms with Gasteiger partial charge in [0, 0.05) is 24.8 Å². The molecule has 1 atom stereocenters. The van der Waals surface area contributed by atoms with Gasteiger partial charge in [0.1, 0.15) is 12.4 Å². The lowest BCUT2D eigenvalue weighted by atomic mass is 9.79. The fourth-order valence-corrected chi connectivity index (χ4v) is 5.96. The molecular weight excluding hydrogens is 519 g/mol. The van der Waals surface area contributed by atoms with E-state index in [0.29, 0.717) is 29.8 Å². The zero-order valence-electron chi connectivity index (χ0n) is 24.3. The minimum atomic E-state index is -0.303. The second-order valence-electron chi connectivity index (χ2n) is 11.3. The van der Waals surface area contributed by atoms with E-state index in [4.69, 9.17) is 14.2 Å². The lowest BCUT2D eigenvalue weighted by Gasteiger charge is -2.28. The summed E-state index contributed by atoms with van der Waals surface area (Å²) < 4.78 is 31.6. The monoisotopic (exact) mass is 562 g/mol. The van der Waals surface area contributed by atoms with Crippen LogP contribution in [0.2, 0.25) is 0 Å². The molecule has 0 spiro atoms. The van der Waals surface area contributed by atoms with Crippen molar-refractivity contribution in [2.75, 3.05) is 45.8 Å². The van der Waals surface area contributed by atoms with E-state index in [1.165, 1.54) is 36.0 Å². The van der Waals surface area contributed by atoms with Crippen LogP contribution in [0.5, 0.6) is 23.0 Å². The molecule has 3 aromatic rings. The Morgan fingerprint density at radius 1 is 0.902 bits per heavy atom. The highest BCUT2D eigenvalue weighted by molar-refractivity contribution is 5.62. The lowest BCUT2D eigenvalue weighted by molar-refractivity contribution is 0.270. The first-order chi connectivity index (χ1) is 20.0. The summed E-state index contributed by atoms with van der Waals surface area (Å²) in [6.07, 6.45) is 8.41. The number of rotatable bonds is 14. The molecule has 0 aromatic heterocycles. The fourth-order valence-electron chi connectivity index (χ4n) is 5.96. The highest BCUT2D eigenvalue weighted by Crippen LogP contribution is 2.42. The third kappa shape index (κ3) is 7.45. The van der Waals surface area contributed by atoms with Crippen molar-refractivity contribution in [1.29, 1.82) is 0 Å². The first-order valence-electron chi connectivity index (χ1n) is 15.0. The first kappa shape index (κ1) is 29.1. The summed E-state index contributed by atoms with van der Waals surface area (Å²) in [5.74, 6) is 2.88. The van der Waals surface area contributed by atoms with Gasteiger partial charge in [-0.1, -0.05) is 18.6 Å². The second-order valence-corrected chi connectivity index (χ2v) is 11.3. The summed E-state index contributed by atoms with van der Waals surface area (Å²) in [6, 6.07) is 15.1. The van der Waals surface area contributed by atoms with Gasteiger partial charge in [-0.15, -0.1) is 0 Å². The predicted octanol–water partition coefficient (Wildman–Crippen LogP) is 6.63. The van der Waals surface area contributed by atoms with Crippen LogP contribution in [-0.2, 0) is 19.3 Å². The fraction of sp³-hybridized carbons (Fsp3) is 0.471. The predicted molar refractivity (Wildman–Crippen MR) is 161 cm³/mol. The topological polar surface area (TPSA) is 72.0 Å². The SMILES string of the molecule is COc1cc(NCCCc2ccc(OCCNCC3CCC3)c(F)c2)c(C2CCc3cc(O)ccc3C2)cc1OC. The molecular formula is C34H43FN2O4. The molecule has 41 heavy (non-hydrogen) atoms. The van der Waals surface area contributed by atoms with Crippen molar-refractivity contribution in [3.63, 3.8) is 0 Å². The smallest absolute Gasteiger partial charge is 0.165 e. The molecule has 2 aliphatic rings. The number of phenolic OH excluding ortho intramolecular Hbond substituents is 1. The third-order valence-electron chi connectivity index (χ3n) is 8.56. The molecule has 1 unspecified atom stereocenters. The Morgan fingerprint density at radius 3 is 2.49 bits per heavy atom. The van der Waals surface area contributed by atoms with Crippen LogP contribution in [0.15, 0.2) is 48.5 Å². The van der Waals surface area contributed by atoms with Gasteiger partial charge < -0.3 is 30.0 Å². The van der Waals surface area contributed by atoms with E-state index in [9.17, 15) is 9.50 Å². The van der Waals surface area contributed by atoms with Crippen LogP contribution >= 0.6 is 0 Å². The van der Waals surface area contributed by atoms with E-state index >= 15 is 0 Å². The number of benzene rings is 3. The molecule has 5 rings (SSSR count). The maximum Gasteiger partial charge on any atom is 0.165 e. The Bertz CT molecular complexity index is 1310. The van der Waals surface area contributed by atoms with E-state index in [1.54, 1.807) is 32.4 Å². The Balaban J connectivity index is 1.16. The van der Waals surface area contributed by atoms with Crippen LogP contribution in [0, 0.1) is 11.7 Å². The van der Waals surface area contributed by atoms with Crippen molar-refractivity contribution in [1.82, 2.24) is 5.32 Å². The third-order valence-corrected chi connectivity index (χ3v) is 8.56. The molecule has 3 aromatic carbocycles. The molecule has 0 amide bonds. The van der Waals surface area contributed by atoms with Crippen molar-refractivity contribution in [3.8, 4) is 23.0 Å². The number of halogens is 1. The maximum atomic E-state index is 14.7. The summed E-state index contributed by atoms with van der Waals surface area (Å²) in [5.41, 5.74) is 5.70. The molecule has 0 saturated heterocycles. The quantitative estimate of drug-likeness (QED) is 0.192. The number of nitrogens with one attached hydrogen (secondary N) is 2. The van der Waals surface area contributed by atoms with Crippen LogP contribution in [0.25, 0.3) is 0 Å². The van der Waals surface area contributed by atoms with E-state index in [0.717, 1.165) is 74.7 Å². The Kier molecular flexibility index (Phi) is 9.88. The van der Waals surface area contributed by atoms with Gasteiger partial charge >= 0.3 is 0 Å². The van der Waals surface area contributed by atoms with Gasteiger partial charge in [0.15, 0.2) is 23.1 Å². The molecule has 0 heterocycles. The summed E-state index contributed by atoms with van der Waals surface area (Å²) >= 11 is 0. The number of methoxy groups -OCH3 is 2. The van der Waals surface area contributed by atoms with Gasteiger partial charge in [0.05, 0.1) is 14.2 Å². The number of ether oxygens (including phenoxy) is 3. The van der Waals surface area contributed by atoms with E-state index in [-0.39, 0.29) is 5.82 Å². The van der Waals surface area contributed by atoms with Crippen LogP contribution in [0.4, 0.5) is 10.1 Å². The van der Waals surface area contributed by atoms with Crippen molar-refractivity contribution in [2.24, 2.45) is 5.92 Å². The average molecular weight is 563 g/mol. The van der Waals surface area contributed by atoms with Crippen LogP contribution in [-0.4, -0.2) is 45.6 Å².